The second-order valence-corrected chi connectivity index (χ2v) is 12.0. The number of pyridine rings is 1. The number of aromatic nitrogens is 3. The van der Waals surface area contributed by atoms with Crippen LogP contribution < -0.4 is 26.8 Å². The third kappa shape index (κ3) is 4.60. The Morgan fingerprint density at radius 3 is 2.33 bits per heavy atom. The molecule has 210 valence electrons. The molecule has 1 aliphatic carbocycles. The van der Waals surface area contributed by atoms with E-state index in [-0.39, 0.29) is 45.4 Å². The van der Waals surface area contributed by atoms with Crippen LogP contribution in [-0.2, 0) is 17.3 Å². The Balaban J connectivity index is 1.86. The van der Waals surface area contributed by atoms with Crippen LogP contribution in [0.1, 0.15) is 30.0 Å². The van der Waals surface area contributed by atoms with Gasteiger partial charge in [-0.2, -0.15) is 12.7 Å². The van der Waals surface area contributed by atoms with Gasteiger partial charge in [-0.3, -0.25) is 28.0 Å². The molecule has 0 radical (unpaired) electrons. The van der Waals surface area contributed by atoms with Crippen molar-refractivity contribution >= 4 is 38.3 Å². The van der Waals surface area contributed by atoms with Gasteiger partial charge in [0.15, 0.2) is 0 Å². The molecule has 1 fully saturated rings. The lowest BCUT2D eigenvalue weighted by atomic mass is 10.1. The summed E-state index contributed by atoms with van der Waals surface area (Å²) in [5.41, 5.74) is -0.399. The van der Waals surface area contributed by atoms with Gasteiger partial charge in [-0.05, 0) is 62.6 Å². The molecule has 1 aliphatic rings. The molecule has 0 saturated heterocycles. The topological polar surface area (TPSA) is 127 Å². The normalized spacial score (nSPS) is 13.7. The SMILES string of the molecule is Cc1ccc(Nc2c3c(=O)n(C4CC4)c(=O)n(-c4cccc(NS(=O)(=O)N(C)C)c4)c3c(C)c(=O)n2C)c(F)c1. The van der Waals surface area contributed by atoms with Crippen LogP contribution >= 0.6 is 0 Å². The minimum atomic E-state index is -3.85. The number of halogens is 1. The summed E-state index contributed by atoms with van der Waals surface area (Å²) in [5, 5.41) is 2.95. The summed E-state index contributed by atoms with van der Waals surface area (Å²) in [7, 11) is 0.371. The lowest BCUT2D eigenvalue weighted by molar-refractivity contribution is 0.527. The summed E-state index contributed by atoms with van der Waals surface area (Å²) in [6, 6.07) is 10.3. The minimum Gasteiger partial charge on any atom is -0.338 e. The van der Waals surface area contributed by atoms with Crippen molar-refractivity contribution < 1.29 is 12.8 Å². The van der Waals surface area contributed by atoms with Gasteiger partial charge in [-0.1, -0.05) is 12.1 Å². The van der Waals surface area contributed by atoms with Crippen LogP contribution in [-0.4, -0.2) is 40.5 Å². The van der Waals surface area contributed by atoms with E-state index in [1.54, 1.807) is 25.1 Å². The van der Waals surface area contributed by atoms with Gasteiger partial charge in [-0.15, -0.1) is 0 Å². The van der Waals surface area contributed by atoms with Crippen LogP contribution in [0.3, 0.4) is 0 Å². The van der Waals surface area contributed by atoms with E-state index in [9.17, 15) is 27.2 Å². The first-order chi connectivity index (χ1) is 18.8. The molecule has 0 bridgehead atoms. The van der Waals surface area contributed by atoms with Crippen LogP contribution in [0.5, 0.6) is 0 Å². The quantitative estimate of drug-likeness (QED) is 0.353. The van der Waals surface area contributed by atoms with Crippen LogP contribution in [0.2, 0.25) is 0 Å². The number of nitrogens with zero attached hydrogens (tertiary/aromatic N) is 4. The van der Waals surface area contributed by atoms with Gasteiger partial charge in [-0.25, -0.2) is 9.18 Å². The number of nitrogens with one attached hydrogen (secondary N) is 2. The molecule has 0 unspecified atom stereocenters. The molecular weight excluding hydrogens is 539 g/mol. The molecule has 0 aliphatic heterocycles. The number of fused-ring (bicyclic) bond motifs is 1. The van der Waals surface area contributed by atoms with Gasteiger partial charge in [0.1, 0.15) is 17.0 Å². The standard InChI is InChI=1S/C27H29FN6O5S/c1-15-9-12-21(20(28)13-15)29-24-22-23(16(2)25(35)32(24)5)33(27(37)34(26(22)36)18-10-11-18)19-8-6-7-17(14-19)30-40(38,39)31(3)4/h6-9,12-14,18,29-30H,10-11H2,1-5H3. The van der Waals surface area contributed by atoms with E-state index < -0.39 is 32.8 Å². The van der Waals surface area contributed by atoms with Gasteiger partial charge in [0.2, 0.25) is 0 Å². The molecule has 4 aromatic rings. The van der Waals surface area contributed by atoms with Gasteiger partial charge in [0, 0.05) is 32.7 Å². The molecule has 2 aromatic heterocycles. The molecular formula is C27H29FN6O5S. The van der Waals surface area contributed by atoms with Gasteiger partial charge >= 0.3 is 15.9 Å². The molecule has 2 N–H and O–H groups in total. The first-order valence-corrected chi connectivity index (χ1v) is 14.0. The number of rotatable bonds is 7. The van der Waals surface area contributed by atoms with Crippen LogP contribution in [0.25, 0.3) is 16.6 Å². The first kappa shape index (κ1) is 27.3. The van der Waals surface area contributed by atoms with E-state index in [4.69, 9.17) is 0 Å². The van der Waals surface area contributed by atoms with Crippen molar-refractivity contribution in [3.05, 3.63) is 90.6 Å². The summed E-state index contributed by atoms with van der Waals surface area (Å²) >= 11 is 0. The maximum Gasteiger partial charge on any atom is 0.336 e. The van der Waals surface area contributed by atoms with Crippen molar-refractivity contribution in [3.8, 4) is 5.69 Å². The second-order valence-electron chi connectivity index (χ2n) is 10.1. The Kier molecular flexibility index (Phi) is 6.66. The van der Waals surface area contributed by atoms with E-state index in [1.807, 2.05) is 0 Å². The fourth-order valence-electron chi connectivity index (χ4n) is 4.65. The van der Waals surface area contributed by atoms with Crippen molar-refractivity contribution in [1.82, 2.24) is 18.0 Å². The van der Waals surface area contributed by atoms with Crippen molar-refractivity contribution in [1.29, 1.82) is 0 Å². The molecule has 11 nitrogen and oxygen atoms in total. The second kappa shape index (κ2) is 9.75. The van der Waals surface area contributed by atoms with E-state index >= 15 is 0 Å². The van der Waals surface area contributed by atoms with Crippen molar-refractivity contribution in [3.63, 3.8) is 0 Å². The molecule has 1 saturated carbocycles. The van der Waals surface area contributed by atoms with Crippen LogP contribution in [0, 0.1) is 19.7 Å². The maximum atomic E-state index is 14.9. The monoisotopic (exact) mass is 568 g/mol. The van der Waals surface area contributed by atoms with Crippen molar-refractivity contribution in [2.75, 3.05) is 24.1 Å². The minimum absolute atomic E-state index is 0.0327. The van der Waals surface area contributed by atoms with E-state index in [0.29, 0.717) is 18.4 Å². The maximum absolute atomic E-state index is 14.9. The highest BCUT2D eigenvalue weighted by Crippen LogP contribution is 2.34. The summed E-state index contributed by atoms with van der Waals surface area (Å²) in [5.74, 6) is -0.538. The number of hydrogen-bond donors (Lipinski definition) is 2. The average molecular weight is 569 g/mol. The fraction of sp³-hybridized carbons (Fsp3) is 0.296. The third-order valence-corrected chi connectivity index (χ3v) is 8.42. The molecule has 0 amide bonds. The molecule has 0 spiro atoms. The zero-order valence-electron chi connectivity index (χ0n) is 22.6. The van der Waals surface area contributed by atoms with E-state index in [0.717, 1.165) is 8.87 Å². The van der Waals surface area contributed by atoms with Gasteiger partial charge in [0.25, 0.3) is 11.1 Å². The number of anilines is 3. The molecule has 2 heterocycles. The van der Waals surface area contributed by atoms with Gasteiger partial charge in [0.05, 0.1) is 22.6 Å². The molecule has 13 heteroatoms. The highest BCUT2D eigenvalue weighted by atomic mass is 32.2. The summed E-state index contributed by atoms with van der Waals surface area (Å²) < 4.78 is 46.8. The first-order valence-electron chi connectivity index (χ1n) is 12.6. The predicted molar refractivity (Wildman–Crippen MR) is 153 cm³/mol. The van der Waals surface area contributed by atoms with Gasteiger partial charge < -0.3 is 5.32 Å². The number of hydrogen-bond acceptors (Lipinski definition) is 6. The molecule has 2 aromatic carbocycles. The largest absolute Gasteiger partial charge is 0.338 e. The van der Waals surface area contributed by atoms with Crippen molar-refractivity contribution in [2.45, 2.75) is 32.7 Å². The van der Waals surface area contributed by atoms with E-state index in [2.05, 4.69) is 10.0 Å². The molecule has 40 heavy (non-hydrogen) atoms. The average Bonchev–Trinajstić information content (AvgIpc) is 3.71. The van der Waals surface area contributed by atoms with Crippen LogP contribution in [0.15, 0.2) is 56.8 Å². The Bertz CT molecular complexity index is 1970. The number of benzene rings is 2. The predicted octanol–water partition coefficient (Wildman–Crippen LogP) is 2.90. The third-order valence-electron chi connectivity index (χ3n) is 6.96. The fourth-order valence-corrected chi connectivity index (χ4v) is 5.26. The Hall–Kier alpha value is -4.23. The summed E-state index contributed by atoms with van der Waals surface area (Å²) in [4.78, 5) is 41.2. The zero-order chi connectivity index (χ0) is 29.1. The van der Waals surface area contributed by atoms with E-state index in [1.165, 1.54) is 61.5 Å². The lowest BCUT2D eigenvalue weighted by Gasteiger charge is -2.21. The van der Waals surface area contributed by atoms with Crippen molar-refractivity contribution in [2.24, 2.45) is 7.05 Å². The number of aryl methyl sites for hydroxylation is 2. The summed E-state index contributed by atoms with van der Waals surface area (Å²) in [6.45, 7) is 3.25. The smallest absolute Gasteiger partial charge is 0.336 e. The molecule has 5 rings (SSSR count). The highest BCUT2D eigenvalue weighted by molar-refractivity contribution is 7.90. The summed E-state index contributed by atoms with van der Waals surface area (Å²) in [6.07, 6.45) is 1.26. The Labute approximate surface area is 229 Å². The lowest BCUT2D eigenvalue weighted by Crippen LogP contribution is -2.41. The Morgan fingerprint density at radius 1 is 1.00 bits per heavy atom. The van der Waals surface area contributed by atoms with Crippen LogP contribution in [0.4, 0.5) is 21.6 Å². The Morgan fingerprint density at radius 2 is 1.70 bits per heavy atom. The highest BCUT2D eigenvalue weighted by Gasteiger charge is 2.31. The molecule has 0 atom stereocenters. The zero-order valence-corrected chi connectivity index (χ0v) is 23.5.